The molecule has 13 heteroatoms. The van der Waals surface area contributed by atoms with Crippen LogP contribution in [0.5, 0.6) is 6.01 Å². The zero-order chi connectivity index (χ0) is 26.5. The maximum atomic E-state index is 12.4. The van der Waals surface area contributed by atoms with Gasteiger partial charge in [0.2, 0.25) is 5.91 Å². The van der Waals surface area contributed by atoms with E-state index in [2.05, 4.69) is 33.0 Å². The first kappa shape index (κ1) is 25.9. The molecule has 3 aromatic heterocycles. The number of hydrogen-bond acceptors (Lipinski definition) is 9. The van der Waals surface area contributed by atoms with Crippen molar-refractivity contribution < 1.29 is 19.4 Å². The van der Waals surface area contributed by atoms with E-state index in [4.69, 9.17) is 20.6 Å². The molecule has 1 fully saturated rings. The number of aromatic nitrogens is 5. The van der Waals surface area contributed by atoms with Crippen molar-refractivity contribution in [1.82, 2.24) is 34.4 Å². The summed E-state index contributed by atoms with van der Waals surface area (Å²) in [4.78, 5) is 41.5. The van der Waals surface area contributed by atoms with E-state index in [0.29, 0.717) is 44.9 Å². The highest BCUT2D eigenvalue weighted by atomic mass is 16.5. The lowest BCUT2D eigenvalue weighted by Gasteiger charge is -2.36. The van der Waals surface area contributed by atoms with Crippen molar-refractivity contribution in [3.63, 3.8) is 0 Å². The molecule has 2 amide bonds. The van der Waals surface area contributed by atoms with Crippen molar-refractivity contribution in [2.45, 2.75) is 33.1 Å². The predicted molar refractivity (Wildman–Crippen MR) is 137 cm³/mol. The molecule has 0 saturated carbocycles. The molecule has 198 valence electrons. The van der Waals surface area contributed by atoms with E-state index >= 15 is 0 Å². The van der Waals surface area contributed by atoms with Crippen molar-refractivity contribution >= 4 is 29.3 Å². The van der Waals surface area contributed by atoms with Crippen molar-refractivity contribution in [2.24, 2.45) is 0 Å². The van der Waals surface area contributed by atoms with Gasteiger partial charge in [-0.1, -0.05) is 19.4 Å². The number of nitrogens with two attached hydrogens (primary N) is 1. The molecule has 3 N–H and O–H groups in total. The number of likely N-dealkylation sites (N-methyl/N-ethyl adjacent to an activating group) is 1. The summed E-state index contributed by atoms with van der Waals surface area (Å²) in [5.74, 6) is 0.945. The van der Waals surface area contributed by atoms with E-state index in [-0.39, 0.29) is 24.3 Å². The number of rotatable bonds is 9. The number of anilines is 2. The SMILES string of the molecule is CCCCOc1nc(N)c2ncc(Cc3cnc(N4CCN(C(=O)CN(C)C(=O)O)CC4)c(C)c3)n2n1. The van der Waals surface area contributed by atoms with Gasteiger partial charge in [-0.2, -0.15) is 4.98 Å². The number of piperazine rings is 1. The second kappa shape index (κ2) is 11.3. The molecule has 0 unspecified atom stereocenters. The zero-order valence-electron chi connectivity index (χ0n) is 21.4. The minimum atomic E-state index is -1.12. The number of imidazole rings is 1. The van der Waals surface area contributed by atoms with Gasteiger partial charge < -0.3 is 30.3 Å². The summed E-state index contributed by atoms with van der Waals surface area (Å²) in [6, 6.07) is 2.32. The van der Waals surface area contributed by atoms with Crippen LogP contribution in [0, 0.1) is 6.92 Å². The van der Waals surface area contributed by atoms with Gasteiger partial charge in [0.1, 0.15) is 12.4 Å². The highest BCUT2D eigenvalue weighted by molar-refractivity contribution is 5.82. The number of carbonyl (C=O) groups excluding carboxylic acids is 1. The molecular formula is C24H33N9O4. The van der Waals surface area contributed by atoms with E-state index in [1.165, 1.54) is 7.05 Å². The number of amides is 2. The van der Waals surface area contributed by atoms with Crippen LogP contribution in [-0.4, -0.2) is 97.9 Å². The molecule has 0 spiro atoms. The minimum Gasteiger partial charge on any atom is -0.465 e. The fourth-order valence-electron chi connectivity index (χ4n) is 4.22. The van der Waals surface area contributed by atoms with E-state index < -0.39 is 6.09 Å². The second-order valence-electron chi connectivity index (χ2n) is 9.13. The summed E-state index contributed by atoms with van der Waals surface area (Å²) in [6.07, 6.45) is 4.92. The third-order valence-corrected chi connectivity index (χ3v) is 6.29. The predicted octanol–water partition coefficient (Wildman–Crippen LogP) is 1.44. The molecule has 0 aromatic carbocycles. The van der Waals surface area contributed by atoms with Crippen molar-refractivity contribution in [3.8, 4) is 6.01 Å². The number of unbranched alkanes of at least 4 members (excludes halogenated alkanes) is 1. The molecule has 4 rings (SSSR count). The lowest BCUT2D eigenvalue weighted by Crippen LogP contribution is -2.51. The highest BCUT2D eigenvalue weighted by Crippen LogP contribution is 2.22. The molecule has 0 bridgehead atoms. The van der Waals surface area contributed by atoms with Crippen LogP contribution in [0.1, 0.15) is 36.6 Å². The summed E-state index contributed by atoms with van der Waals surface area (Å²) in [7, 11) is 1.39. The quantitative estimate of drug-likeness (QED) is 0.403. The van der Waals surface area contributed by atoms with Crippen LogP contribution >= 0.6 is 0 Å². The second-order valence-corrected chi connectivity index (χ2v) is 9.13. The highest BCUT2D eigenvalue weighted by Gasteiger charge is 2.24. The summed E-state index contributed by atoms with van der Waals surface area (Å²) < 4.78 is 7.31. The first-order valence-corrected chi connectivity index (χ1v) is 12.3. The van der Waals surface area contributed by atoms with Gasteiger partial charge in [0.15, 0.2) is 11.5 Å². The van der Waals surface area contributed by atoms with Gasteiger partial charge in [0.25, 0.3) is 0 Å². The van der Waals surface area contributed by atoms with Crippen LogP contribution in [0.15, 0.2) is 18.5 Å². The Hall–Kier alpha value is -4.16. The number of ether oxygens (including phenoxy) is 1. The Kier molecular flexibility index (Phi) is 7.89. The molecule has 4 heterocycles. The monoisotopic (exact) mass is 511 g/mol. The Morgan fingerprint density at radius 1 is 1.19 bits per heavy atom. The molecule has 37 heavy (non-hydrogen) atoms. The van der Waals surface area contributed by atoms with E-state index in [1.807, 2.05) is 13.1 Å². The summed E-state index contributed by atoms with van der Waals surface area (Å²) in [6.45, 7) is 6.76. The van der Waals surface area contributed by atoms with Gasteiger partial charge in [0.05, 0.1) is 18.5 Å². The van der Waals surface area contributed by atoms with Crippen LogP contribution < -0.4 is 15.4 Å². The Bertz CT molecular complexity index is 1270. The molecule has 13 nitrogen and oxygen atoms in total. The van der Waals surface area contributed by atoms with Gasteiger partial charge in [-0.15, -0.1) is 5.10 Å². The average Bonchev–Trinajstić information content (AvgIpc) is 3.27. The van der Waals surface area contributed by atoms with Gasteiger partial charge in [-0.3, -0.25) is 4.79 Å². The topological polar surface area (TPSA) is 155 Å². The molecule has 1 aliphatic rings. The Labute approximate surface area is 214 Å². The Balaban J connectivity index is 1.41. The first-order valence-electron chi connectivity index (χ1n) is 12.3. The Morgan fingerprint density at radius 3 is 2.62 bits per heavy atom. The fraction of sp³-hybridized carbons (Fsp3) is 0.500. The number of pyridine rings is 1. The molecule has 3 aromatic rings. The lowest BCUT2D eigenvalue weighted by molar-refractivity contribution is -0.132. The minimum absolute atomic E-state index is 0.145. The smallest absolute Gasteiger partial charge is 0.407 e. The number of nitrogen functional groups attached to an aromatic ring is 1. The molecular weight excluding hydrogens is 478 g/mol. The summed E-state index contributed by atoms with van der Waals surface area (Å²) in [5, 5.41) is 13.5. The van der Waals surface area contributed by atoms with Crippen molar-refractivity contribution in [1.29, 1.82) is 0 Å². The van der Waals surface area contributed by atoms with Crippen LogP contribution in [0.25, 0.3) is 5.65 Å². The maximum Gasteiger partial charge on any atom is 0.407 e. The zero-order valence-corrected chi connectivity index (χ0v) is 21.4. The van der Waals surface area contributed by atoms with Gasteiger partial charge in [-0.25, -0.2) is 19.3 Å². The third kappa shape index (κ3) is 5.98. The van der Waals surface area contributed by atoms with Crippen LogP contribution in [0.3, 0.4) is 0 Å². The van der Waals surface area contributed by atoms with E-state index in [9.17, 15) is 9.59 Å². The Morgan fingerprint density at radius 2 is 1.95 bits per heavy atom. The summed E-state index contributed by atoms with van der Waals surface area (Å²) in [5.41, 5.74) is 9.43. The van der Waals surface area contributed by atoms with E-state index in [0.717, 1.165) is 40.4 Å². The number of nitrogens with zero attached hydrogens (tertiary/aromatic N) is 8. The number of carboxylic acid groups (broad SMARTS) is 1. The normalized spacial score (nSPS) is 13.7. The third-order valence-electron chi connectivity index (χ3n) is 6.29. The maximum absolute atomic E-state index is 12.4. The average molecular weight is 512 g/mol. The largest absolute Gasteiger partial charge is 0.465 e. The van der Waals surface area contributed by atoms with Crippen molar-refractivity contribution in [3.05, 3.63) is 35.3 Å². The molecule has 0 aliphatic carbocycles. The molecule has 1 aliphatic heterocycles. The first-order chi connectivity index (χ1) is 17.8. The van der Waals surface area contributed by atoms with Gasteiger partial charge >= 0.3 is 12.1 Å². The number of aryl methyl sites for hydroxylation is 1. The lowest BCUT2D eigenvalue weighted by atomic mass is 10.1. The van der Waals surface area contributed by atoms with E-state index in [1.54, 1.807) is 15.6 Å². The number of carbonyl (C=O) groups is 2. The number of hydrogen-bond donors (Lipinski definition) is 2. The molecule has 0 radical (unpaired) electrons. The van der Waals surface area contributed by atoms with Gasteiger partial charge in [-0.05, 0) is 24.5 Å². The van der Waals surface area contributed by atoms with Crippen LogP contribution in [0.4, 0.5) is 16.4 Å². The molecule has 1 saturated heterocycles. The van der Waals surface area contributed by atoms with Crippen LogP contribution in [0.2, 0.25) is 0 Å². The summed E-state index contributed by atoms with van der Waals surface area (Å²) >= 11 is 0. The van der Waals surface area contributed by atoms with Crippen LogP contribution in [-0.2, 0) is 11.2 Å². The van der Waals surface area contributed by atoms with Crippen molar-refractivity contribution in [2.75, 3.05) is 57.0 Å². The molecule has 0 atom stereocenters. The van der Waals surface area contributed by atoms with Gasteiger partial charge in [0, 0.05) is 45.8 Å². The fourth-order valence-corrected chi connectivity index (χ4v) is 4.22. The number of fused-ring (bicyclic) bond motifs is 1. The standard InChI is InChI=1S/C24H33N9O4/c1-4-5-10-37-23-28-20(25)22-27-14-18(33(22)29-23)12-17-11-16(2)21(26-13-17)32-8-6-31(7-9-32)19(34)15-30(3)24(35)36/h11,13-14H,4-10,12,15H2,1-3H3,(H,35,36)(H2,25,28,29).